The van der Waals surface area contributed by atoms with Gasteiger partial charge in [-0.2, -0.15) is 0 Å². The van der Waals surface area contributed by atoms with Gasteiger partial charge < -0.3 is 25.8 Å². The molecule has 1 atom stereocenters. The van der Waals surface area contributed by atoms with Gasteiger partial charge in [-0.25, -0.2) is 4.79 Å². The van der Waals surface area contributed by atoms with E-state index in [-0.39, 0.29) is 18.7 Å². The van der Waals surface area contributed by atoms with E-state index < -0.39 is 17.9 Å². The largest absolute Gasteiger partial charge is 0.508 e. The maximum absolute atomic E-state index is 11.6. The van der Waals surface area contributed by atoms with E-state index in [0.29, 0.717) is 12.0 Å². The van der Waals surface area contributed by atoms with E-state index in [1.807, 2.05) is 7.05 Å². The molecule has 1 aromatic carbocycles. The highest BCUT2D eigenvalue weighted by Crippen LogP contribution is 2.15. The molecule has 1 unspecified atom stereocenters. The van der Waals surface area contributed by atoms with Gasteiger partial charge in [-0.15, -0.1) is 0 Å². The van der Waals surface area contributed by atoms with Gasteiger partial charge in [0.25, 0.3) is 0 Å². The number of ether oxygens (including phenoxy) is 1. The number of benzene rings is 1. The summed E-state index contributed by atoms with van der Waals surface area (Å²) in [5.74, 6) is -1.04. The third-order valence-electron chi connectivity index (χ3n) is 5.55. The number of phenolic OH excluding ortho intramolecular Hbond substituents is 1. The molecule has 4 N–H and O–H groups in total. The lowest BCUT2D eigenvalue weighted by molar-refractivity contribution is -0.144. The molecule has 0 aliphatic heterocycles. The number of carbonyl (C=O) groups is 3. The Kier molecular flexibility index (Phi) is 21.4. The molecular formula is C27H47N3O5. The normalized spacial score (nSPS) is 13.1. The van der Waals surface area contributed by atoms with E-state index in [9.17, 15) is 19.5 Å². The van der Waals surface area contributed by atoms with Crippen molar-refractivity contribution >= 4 is 18.3 Å². The van der Waals surface area contributed by atoms with Crippen molar-refractivity contribution in [2.45, 2.75) is 90.0 Å². The molecule has 0 spiro atoms. The first-order valence-electron chi connectivity index (χ1n) is 12.9. The van der Waals surface area contributed by atoms with Crippen molar-refractivity contribution in [2.75, 3.05) is 27.2 Å². The summed E-state index contributed by atoms with van der Waals surface area (Å²) in [6.45, 7) is 3.21. The third-order valence-corrected chi connectivity index (χ3v) is 5.55. The van der Waals surface area contributed by atoms with E-state index in [0.717, 1.165) is 0 Å². The lowest BCUT2D eigenvalue weighted by atomic mass is 10.0. The fourth-order valence-electron chi connectivity index (χ4n) is 3.60. The zero-order chi connectivity index (χ0) is 26.2. The van der Waals surface area contributed by atoms with Crippen LogP contribution in [0, 0.1) is 0 Å². The van der Waals surface area contributed by atoms with Gasteiger partial charge >= 0.3 is 5.97 Å². The van der Waals surface area contributed by atoms with E-state index in [4.69, 9.17) is 0 Å². The van der Waals surface area contributed by atoms with Crippen LogP contribution in [0.3, 0.4) is 0 Å². The molecule has 8 nitrogen and oxygen atoms in total. The highest BCUT2D eigenvalue weighted by Gasteiger charge is 2.21. The highest BCUT2D eigenvalue weighted by atomic mass is 16.5. The Bertz CT molecular complexity index is 663. The molecule has 2 rings (SSSR count). The number of unbranched alkanes of at least 4 members (excludes halogenated alkanes) is 4. The van der Waals surface area contributed by atoms with Gasteiger partial charge in [-0.05, 0) is 37.7 Å². The van der Waals surface area contributed by atoms with Crippen LogP contribution in [-0.4, -0.2) is 56.7 Å². The second kappa shape index (κ2) is 23.1. The minimum atomic E-state index is -0.886. The van der Waals surface area contributed by atoms with Gasteiger partial charge in [0.15, 0.2) is 0 Å². The molecular weight excluding hydrogens is 446 g/mol. The number of rotatable bonds is 13. The maximum atomic E-state index is 11.6. The Morgan fingerprint density at radius 3 is 2.20 bits per heavy atom. The number of esters is 1. The summed E-state index contributed by atoms with van der Waals surface area (Å²) >= 11 is 0. The fraction of sp³-hybridized carbons (Fsp3) is 0.667. The second-order valence-corrected chi connectivity index (χ2v) is 8.66. The van der Waals surface area contributed by atoms with Crippen LogP contribution in [0.4, 0.5) is 0 Å². The van der Waals surface area contributed by atoms with Gasteiger partial charge in [0.1, 0.15) is 11.8 Å². The van der Waals surface area contributed by atoms with Crippen LogP contribution in [0.2, 0.25) is 0 Å². The molecule has 200 valence electrons. The Balaban J connectivity index is 0.000000628. The zero-order valence-electron chi connectivity index (χ0n) is 21.9. The van der Waals surface area contributed by atoms with Crippen molar-refractivity contribution in [2.24, 2.45) is 0 Å². The van der Waals surface area contributed by atoms with E-state index in [1.54, 1.807) is 12.1 Å². The average molecular weight is 494 g/mol. The number of nitrogens with one attached hydrogen (secondary N) is 3. The number of aromatic hydroxyl groups is 1. The molecule has 8 heteroatoms. The highest BCUT2D eigenvalue weighted by molar-refractivity contribution is 5.86. The summed E-state index contributed by atoms with van der Waals surface area (Å²) in [6, 6.07) is 5.46. The first-order valence-corrected chi connectivity index (χ1v) is 12.9. The van der Waals surface area contributed by atoms with Crippen LogP contribution in [0.1, 0.15) is 83.1 Å². The molecule has 1 fully saturated rings. The van der Waals surface area contributed by atoms with Gasteiger partial charge in [-0.3, -0.25) is 9.59 Å². The van der Waals surface area contributed by atoms with Crippen molar-refractivity contribution < 1.29 is 24.2 Å². The van der Waals surface area contributed by atoms with Crippen LogP contribution in [0.15, 0.2) is 24.3 Å². The summed E-state index contributed by atoms with van der Waals surface area (Å²) in [5.41, 5.74) is 0.670. The van der Waals surface area contributed by atoms with Gasteiger partial charge in [0.2, 0.25) is 12.3 Å². The number of methoxy groups -OCH3 is 1. The number of carbonyl (C=O) groups excluding carboxylic acids is 3. The topological polar surface area (TPSA) is 117 Å². The van der Waals surface area contributed by atoms with Crippen molar-refractivity contribution in [3.8, 4) is 5.75 Å². The minimum Gasteiger partial charge on any atom is -0.508 e. The molecule has 0 aromatic heterocycles. The molecule has 1 aliphatic rings. The number of hydrogen-bond acceptors (Lipinski definition) is 6. The van der Waals surface area contributed by atoms with Crippen molar-refractivity contribution in [3.05, 3.63) is 29.8 Å². The molecule has 0 heterocycles. The molecule has 1 aliphatic carbocycles. The van der Waals surface area contributed by atoms with Gasteiger partial charge in [-0.1, -0.05) is 83.3 Å². The van der Waals surface area contributed by atoms with Crippen molar-refractivity contribution in [1.82, 2.24) is 16.0 Å². The fourth-order valence-corrected chi connectivity index (χ4v) is 3.60. The predicted octanol–water partition coefficient (Wildman–Crippen LogP) is 3.86. The molecule has 2 amide bonds. The van der Waals surface area contributed by atoms with Crippen molar-refractivity contribution in [3.63, 3.8) is 0 Å². The Morgan fingerprint density at radius 2 is 1.69 bits per heavy atom. The van der Waals surface area contributed by atoms with Crippen LogP contribution in [0.5, 0.6) is 5.75 Å². The van der Waals surface area contributed by atoms with E-state index in [2.05, 4.69) is 27.6 Å². The summed E-state index contributed by atoms with van der Waals surface area (Å²) in [7, 11) is 3.23. The third kappa shape index (κ3) is 19.4. The van der Waals surface area contributed by atoms with E-state index in [1.165, 1.54) is 96.4 Å². The summed E-state index contributed by atoms with van der Waals surface area (Å²) < 4.78 is 4.61. The van der Waals surface area contributed by atoms with Crippen LogP contribution < -0.4 is 16.0 Å². The average Bonchev–Trinajstić information content (AvgIpc) is 2.88. The van der Waals surface area contributed by atoms with Crippen molar-refractivity contribution in [1.29, 1.82) is 0 Å². The summed E-state index contributed by atoms with van der Waals surface area (Å²) in [4.78, 5) is 33.2. The summed E-state index contributed by atoms with van der Waals surface area (Å²) in [5, 5.41) is 17.2. The van der Waals surface area contributed by atoms with Crippen LogP contribution >= 0.6 is 0 Å². The van der Waals surface area contributed by atoms with Gasteiger partial charge in [0, 0.05) is 6.42 Å². The van der Waals surface area contributed by atoms with Gasteiger partial charge in [0.05, 0.1) is 13.7 Å². The van der Waals surface area contributed by atoms with Crippen LogP contribution in [0.25, 0.3) is 0 Å². The molecule has 0 saturated heterocycles. The van der Waals surface area contributed by atoms with E-state index >= 15 is 0 Å². The minimum absolute atomic E-state index is 0.0695. The predicted molar refractivity (Wildman–Crippen MR) is 140 cm³/mol. The Morgan fingerprint density at radius 1 is 1.06 bits per heavy atom. The standard InChI is InChI=1S/C13H16N2O5.C8H19N.C6H12/c1-20-13(19)11(15-12(18)7-14-8-16)6-9-3-2-4-10(17)5-9;1-3-4-5-6-7-8-9-2;1-2-4-6-5-3-1/h2-5,8,11,17H,6-7H2,1H3,(H,14,16)(H,15,18);9H,3-8H2,1-2H3;1-6H2. The SMILES string of the molecule is C1CCCCC1.CCCCCCCNC.COC(=O)C(Cc1cccc(O)c1)NC(=O)CNC=O. The summed E-state index contributed by atoms with van der Waals surface area (Å²) in [6.07, 6.45) is 16.5. The molecule has 1 saturated carbocycles. The monoisotopic (exact) mass is 493 g/mol. The second-order valence-electron chi connectivity index (χ2n) is 8.66. The first kappa shape index (κ1) is 32.4. The molecule has 1 aromatic rings. The molecule has 0 radical (unpaired) electrons. The molecule has 0 bridgehead atoms. The zero-order valence-corrected chi connectivity index (χ0v) is 21.9. The first-order chi connectivity index (χ1) is 17.0. The van der Waals surface area contributed by atoms with Crippen LogP contribution in [-0.2, 0) is 25.5 Å². The molecule has 35 heavy (non-hydrogen) atoms. The lowest BCUT2D eigenvalue weighted by Gasteiger charge is -2.16. The smallest absolute Gasteiger partial charge is 0.328 e. The number of hydrogen-bond donors (Lipinski definition) is 4. The quantitative estimate of drug-likeness (QED) is 0.188. The lowest BCUT2D eigenvalue weighted by Crippen LogP contribution is -2.46. The Hall–Kier alpha value is -2.61. The Labute approximate surface area is 211 Å². The number of amides is 2. The number of phenols is 1. The maximum Gasteiger partial charge on any atom is 0.328 e.